The number of hydrogen-bond donors (Lipinski definition) is 2. The largest absolute Gasteiger partial charge is 0.469 e. The Morgan fingerprint density at radius 2 is 1.54 bits per heavy atom. The van der Waals surface area contributed by atoms with Gasteiger partial charge in [0, 0.05) is 39.1 Å². The lowest BCUT2D eigenvalue weighted by molar-refractivity contribution is -0.483. The second-order valence-corrected chi connectivity index (χ2v) is 6.70. The fourth-order valence-electron chi connectivity index (χ4n) is 3.93. The number of fused-ring (bicyclic) bond motifs is 2. The number of benzene rings is 2. The molecule has 142 valence electrons. The molecule has 2 heterocycles. The Kier molecular flexibility index (Phi) is 4.57. The number of esters is 1. The molecule has 0 unspecified atom stereocenters. The summed E-state index contributed by atoms with van der Waals surface area (Å²) < 4.78 is 5.07. The molecule has 28 heavy (non-hydrogen) atoms. The van der Waals surface area contributed by atoms with Gasteiger partial charge in [-0.05, 0) is 23.3 Å². The smallest absolute Gasteiger partial charge is 0.314 e. The summed E-state index contributed by atoms with van der Waals surface area (Å²) in [6.45, 7) is -0.388. The molecular weight excluding hydrogens is 358 g/mol. The van der Waals surface area contributed by atoms with Crippen LogP contribution >= 0.6 is 0 Å². The van der Waals surface area contributed by atoms with Gasteiger partial charge < -0.3 is 14.7 Å². The number of ether oxygens (including phenoxy) is 1. The molecule has 0 amide bonds. The van der Waals surface area contributed by atoms with Crippen LogP contribution in [0.15, 0.2) is 60.9 Å². The number of hydrogen-bond acceptors (Lipinski definition) is 4. The van der Waals surface area contributed by atoms with E-state index in [2.05, 4.69) is 9.97 Å². The molecule has 0 fully saturated rings. The van der Waals surface area contributed by atoms with E-state index < -0.39 is 17.8 Å². The number of rotatable bonds is 6. The van der Waals surface area contributed by atoms with E-state index in [1.807, 2.05) is 48.5 Å². The number of nitrogens with zero attached hydrogens (tertiary/aromatic N) is 1. The first kappa shape index (κ1) is 17.8. The van der Waals surface area contributed by atoms with Crippen molar-refractivity contribution in [2.75, 3.05) is 13.7 Å². The summed E-state index contributed by atoms with van der Waals surface area (Å²) in [7, 11) is 1.31. The van der Waals surface area contributed by atoms with Crippen molar-refractivity contribution >= 4 is 27.8 Å². The number of nitro groups is 1. The summed E-state index contributed by atoms with van der Waals surface area (Å²) in [6, 6.07) is 15.1. The van der Waals surface area contributed by atoms with Crippen molar-refractivity contribution in [3.63, 3.8) is 0 Å². The van der Waals surface area contributed by atoms with Gasteiger partial charge in [-0.3, -0.25) is 14.9 Å². The number of para-hydroxylation sites is 2. The van der Waals surface area contributed by atoms with E-state index >= 15 is 0 Å². The van der Waals surface area contributed by atoms with Gasteiger partial charge in [0.15, 0.2) is 0 Å². The van der Waals surface area contributed by atoms with E-state index in [0.717, 1.165) is 27.4 Å². The van der Waals surface area contributed by atoms with E-state index in [0.29, 0.717) is 5.56 Å². The fraction of sp³-hybridized carbons (Fsp3) is 0.190. The lowest BCUT2D eigenvalue weighted by Gasteiger charge is -2.22. The summed E-state index contributed by atoms with van der Waals surface area (Å²) in [5.74, 6) is -1.99. The quantitative estimate of drug-likeness (QED) is 0.302. The summed E-state index contributed by atoms with van der Waals surface area (Å²) in [6.07, 6.45) is 3.50. The van der Waals surface area contributed by atoms with Crippen LogP contribution < -0.4 is 0 Å². The fourth-order valence-corrected chi connectivity index (χ4v) is 3.93. The van der Waals surface area contributed by atoms with Gasteiger partial charge in [0.05, 0.1) is 18.9 Å². The number of H-pyrrole nitrogens is 2. The van der Waals surface area contributed by atoms with Crippen LogP contribution in [-0.4, -0.2) is 34.5 Å². The standard InChI is InChI=1S/C21H19N3O4/c1-28-21(25)20(16-11-23-19-9-5-3-7-14(16)19)17(12-24(26)27)15-10-22-18-8-4-2-6-13(15)18/h2-11,17,20,22-23H,12H2,1H3/t17-,20+/m1/s1. The van der Waals surface area contributed by atoms with Crippen LogP contribution in [0.4, 0.5) is 0 Å². The maximum Gasteiger partial charge on any atom is 0.314 e. The molecule has 0 radical (unpaired) electrons. The third-order valence-electron chi connectivity index (χ3n) is 5.18. The lowest BCUT2D eigenvalue weighted by Crippen LogP contribution is -2.27. The van der Waals surface area contributed by atoms with Crippen LogP contribution in [-0.2, 0) is 9.53 Å². The van der Waals surface area contributed by atoms with Gasteiger partial charge in [0.25, 0.3) is 0 Å². The molecule has 0 aliphatic carbocycles. The lowest BCUT2D eigenvalue weighted by atomic mass is 9.81. The zero-order valence-electron chi connectivity index (χ0n) is 15.2. The highest BCUT2D eigenvalue weighted by Gasteiger charge is 2.38. The normalized spacial score (nSPS) is 13.5. The second kappa shape index (κ2) is 7.19. The molecule has 2 atom stereocenters. The van der Waals surface area contributed by atoms with Crippen LogP contribution in [0.1, 0.15) is 23.0 Å². The van der Waals surface area contributed by atoms with Crippen molar-refractivity contribution in [3.05, 3.63) is 82.2 Å². The molecule has 0 spiro atoms. The second-order valence-electron chi connectivity index (χ2n) is 6.70. The predicted molar refractivity (Wildman–Crippen MR) is 106 cm³/mol. The SMILES string of the molecule is COC(=O)[C@@H](c1c[nH]c2ccccc12)[C@H](C[N+](=O)[O-])c1c[nH]c2ccccc12. The molecule has 0 saturated carbocycles. The molecule has 0 saturated heterocycles. The van der Waals surface area contributed by atoms with Crippen molar-refractivity contribution in [2.24, 2.45) is 0 Å². The number of aromatic amines is 2. The average molecular weight is 377 g/mol. The molecule has 2 aromatic carbocycles. The Balaban J connectivity index is 1.92. The highest BCUT2D eigenvalue weighted by atomic mass is 16.6. The molecule has 0 aliphatic heterocycles. The number of nitrogens with one attached hydrogen (secondary N) is 2. The topological polar surface area (TPSA) is 101 Å². The Morgan fingerprint density at radius 1 is 1.00 bits per heavy atom. The Bertz CT molecular complexity index is 1160. The molecule has 0 bridgehead atoms. The van der Waals surface area contributed by atoms with E-state index in [9.17, 15) is 14.9 Å². The number of carbonyl (C=O) groups is 1. The first-order valence-electron chi connectivity index (χ1n) is 8.91. The van der Waals surface area contributed by atoms with E-state index in [1.54, 1.807) is 12.4 Å². The van der Waals surface area contributed by atoms with Crippen LogP contribution in [0.2, 0.25) is 0 Å². The number of carbonyl (C=O) groups excluding carboxylic acids is 1. The first-order chi connectivity index (χ1) is 13.6. The Hall–Kier alpha value is -3.61. The van der Waals surface area contributed by atoms with E-state index in [-0.39, 0.29) is 11.5 Å². The molecule has 4 rings (SSSR count). The minimum atomic E-state index is -0.814. The molecule has 7 nitrogen and oxygen atoms in total. The van der Waals surface area contributed by atoms with Gasteiger partial charge in [-0.15, -0.1) is 0 Å². The van der Waals surface area contributed by atoms with Gasteiger partial charge in [0.1, 0.15) is 0 Å². The van der Waals surface area contributed by atoms with Crippen LogP contribution in [0.3, 0.4) is 0 Å². The number of aromatic nitrogens is 2. The van der Waals surface area contributed by atoms with Crippen molar-refractivity contribution in [3.8, 4) is 0 Å². The van der Waals surface area contributed by atoms with Gasteiger partial charge in [0.2, 0.25) is 6.54 Å². The molecule has 0 aliphatic rings. The van der Waals surface area contributed by atoms with Gasteiger partial charge in [-0.2, -0.15) is 0 Å². The van der Waals surface area contributed by atoms with Crippen molar-refractivity contribution in [1.29, 1.82) is 0 Å². The van der Waals surface area contributed by atoms with Gasteiger partial charge in [-0.1, -0.05) is 36.4 Å². The Morgan fingerprint density at radius 3 is 2.11 bits per heavy atom. The molecule has 4 aromatic rings. The third-order valence-corrected chi connectivity index (χ3v) is 5.18. The van der Waals surface area contributed by atoms with Gasteiger partial charge >= 0.3 is 5.97 Å². The summed E-state index contributed by atoms with van der Waals surface area (Å²) >= 11 is 0. The van der Waals surface area contributed by atoms with Gasteiger partial charge in [-0.25, -0.2) is 0 Å². The highest BCUT2D eigenvalue weighted by molar-refractivity contribution is 5.92. The van der Waals surface area contributed by atoms with Crippen molar-refractivity contribution < 1.29 is 14.5 Å². The van der Waals surface area contributed by atoms with E-state index in [4.69, 9.17) is 4.74 Å². The minimum Gasteiger partial charge on any atom is -0.469 e. The molecule has 7 heteroatoms. The number of methoxy groups -OCH3 is 1. The highest BCUT2D eigenvalue weighted by Crippen LogP contribution is 2.40. The van der Waals surface area contributed by atoms with Crippen molar-refractivity contribution in [2.45, 2.75) is 11.8 Å². The van der Waals surface area contributed by atoms with Crippen LogP contribution in [0, 0.1) is 10.1 Å². The predicted octanol–water partition coefficient (Wildman–Crippen LogP) is 3.97. The molecular formula is C21H19N3O4. The molecule has 2 N–H and O–H groups in total. The first-order valence-corrected chi connectivity index (χ1v) is 8.91. The van der Waals surface area contributed by atoms with Crippen molar-refractivity contribution in [1.82, 2.24) is 9.97 Å². The summed E-state index contributed by atoms with van der Waals surface area (Å²) in [5, 5.41) is 13.2. The monoisotopic (exact) mass is 377 g/mol. The van der Waals surface area contributed by atoms with Crippen LogP contribution in [0.25, 0.3) is 21.8 Å². The maximum atomic E-state index is 12.8. The Labute approximate surface area is 160 Å². The maximum absolute atomic E-state index is 12.8. The van der Waals surface area contributed by atoms with E-state index in [1.165, 1.54) is 7.11 Å². The average Bonchev–Trinajstić information content (AvgIpc) is 3.31. The zero-order chi connectivity index (χ0) is 19.7. The molecule has 2 aromatic heterocycles. The summed E-state index contributed by atoms with van der Waals surface area (Å²) in [5.41, 5.74) is 3.16. The third kappa shape index (κ3) is 3.00. The van der Waals surface area contributed by atoms with Crippen LogP contribution in [0.5, 0.6) is 0 Å². The summed E-state index contributed by atoms with van der Waals surface area (Å²) in [4.78, 5) is 30.3. The minimum absolute atomic E-state index is 0.378. The zero-order valence-corrected chi connectivity index (χ0v) is 15.2.